The van der Waals surface area contributed by atoms with E-state index in [9.17, 15) is 9.59 Å². The van der Waals surface area contributed by atoms with Gasteiger partial charge in [0.25, 0.3) is 0 Å². The quantitative estimate of drug-likeness (QED) is 0.795. The van der Waals surface area contributed by atoms with E-state index in [-0.39, 0.29) is 17.7 Å². The second kappa shape index (κ2) is 5.26. The van der Waals surface area contributed by atoms with Crippen molar-refractivity contribution in [3.8, 4) is 0 Å². The van der Waals surface area contributed by atoms with E-state index in [1.807, 2.05) is 13.8 Å². The van der Waals surface area contributed by atoms with Crippen LogP contribution < -0.4 is 5.73 Å². The van der Waals surface area contributed by atoms with Gasteiger partial charge in [0.15, 0.2) is 0 Å². The fourth-order valence-electron chi connectivity index (χ4n) is 2.28. The zero-order valence-corrected chi connectivity index (χ0v) is 12.1. The lowest BCUT2D eigenvalue weighted by Gasteiger charge is -2.46. The molecule has 0 bridgehead atoms. The third-order valence-electron chi connectivity index (χ3n) is 4.01. The van der Waals surface area contributed by atoms with Crippen LogP contribution in [-0.4, -0.2) is 53.3 Å². The average molecular weight is 255 g/mol. The first-order chi connectivity index (χ1) is 8.23. The lowest BCUT2D eigenvalue weighted by Crippen LogP contribution is -2.66. The first-order valence-electron chi connectivity index (χ1n) is 6.56. The van der Waals surface area contributed by atoms with Crippen molar-refractivity contribution in [3.63, 3.8) is 0 Å². The number of nitrogens with two attached hydrogens (primary N) is 1. The fraction of sp³-hybridized carbons (Fsp3) is 0.846. The Bertz CT molecular complexity index is 341. The molecule has 2 amide bonds. The summed E-state index contributed by atoms with van der Waals surface area (Å²) in [5.74, 6) is -0.0164. The number of hydrogen-bond donors (Lipinski definition) is 1. The number of amides is 2. The van der Waals surface area contributed by atoms with Gasteiger partial charge in [0.1, 0.15) is 5.54 Å². The molecule has 5 nitrogen and oxygen atoms in total. The Kier molecular flexibility index (Phi) is 4.37. The Balaban J connectivity index is 2.89. The van der Waals surface area contributed by atoms with Crippen LogP contribution in [0.3, 0.4) is 0 Å². The Morgan fingerprint density at radius 1 is 1.44 bits per heavy atom. The van der Waals surface area contributed by atoms with Gasteiger partial charge < -0.3 is 15.5 Å². The second-order valence-electron chi connectivity index (χ2n) is 5.69. The molecule has 2 unspecified atom stereocenters. The van der Waals surface area contributed by atoms with Gasteiger partial charge in [-0.05, 0) is 19.8 Å². The molecule has 0 aromatic rings. The monoisotopic (exact) mass is 255 g/mol. The molecule has 2 N–H and O–H groups in total. The van der Waals surface area contributed by atoms with E-state index in [1.165, 1.54) is 0 Å². The number of likely N-dealkylation sites (N-methyl/N-ethyl adjacent to an activating group) is 1. The third kappa shape index (κ3) is 2.51. The largest absolute Gasteiger partial charge is 0.342 e. The summed E-state index contributed by atoms with van der Waals surface area (Å²) in [6.07, 6.45) is 0.856. The molecule has 0 aliphatic carbocycles. The molecular formula is C13H25N3O2. The van der Waals surface area contributed by atoms with Gasteiger partial charge in [-0.15, -0.1) is 0 Å². The number of piperazine rings is 1. The van der Waals surface area contributed by atoms with Gasteiger partial charge in [0.05, 0.1) is 6.04 Å². The molecule has 1 fully saturated rings. The van der Waals surface area contributed by atoms with Crippen molar-refractivity contribution in [1.29, 1.82) is 0 Å². The van der Waals surface area contributed by atoms with Crippen molar-refractivity contribution in [2.75, 3.05) is 20.1 Å². The van der Waals surface area contributed by atoms with Gasteiger partial charge in [-0.25, -0.2) is 0 Å². The zero-order chi connectivity index (χ0) is 14.1. The lowest BCUT2D eigenvalue weighted by molar-refractivity contribution is -0.158. The highest BCUT2D eigenvalue weighted by atomic mass is 16.2. The van der Waals surface area contributed by atoms with Gasteiger partial charge in [-0.3, -0.25) is 9.59 Å². The highest BCUT2D eigenvalue weighted by molar-refractivity contribution is 5.93. The topological polar surface area (TPSA) is 66.6 Å². The first-order valence-corrected chi connectivity index (χ1v) is 6.56. The van der Waals surface area contributed by atoms with Crippen molar-refractivity contribution >= 4 is 11.8 Å². The van der Waals surface area contributed by atoms with E-state index < -0.39 is 11.6 Å². The molecule has 2 atom stereocenters. The third-order valence-corrected chi connectivity index (χ3v) is 4.01. The van der Waals surface area contributed by atoms with Gasteiger partial charge in [0, 0.05) is 20.1 Å². The van der Waals surface area contributed by atoms with Crippen LogP contribution in [0.2, 0.25) is 0 Å². The van der Waals surface area contributed by atoms with Crippen molar-refractivity contribution < 1.29 is 9.59 Å². The zero-order valence-electron chi connectivity index (χ0n) is 12.1. The SMILES string of the molecule is CCC(C)C(N)C(=O)N1CCN(C)C(=O)C1(C)C. The minimum atomic E-state index is -0.796. The van der Waals surface area contributed by atoms with Gasteiger partial charge in [0.2, 0.25) is 11.8 Å². The first kappa shape index (κ1) is 15.0. The molecule has 1 heterocycles. The number of nitrogens with zero attached hydrogens (tertiary/aromatic N) is 2. The van der Waals surface area contributed by atoms with E-state index >= 15 is 0 Å². The van der Waals surface area contributed by atoms with E-state index in [0.717, 1.165) is 6.42 Å². The number of hydrogen-bond acceptors (Lipinski definition) is 3. The van der Waals surface area contributed by atoms with Crippen LogP contribution in [0.4, 0.5) is 0 Å². The highest BCUT2D eigenvalue weighted by Gasteiger charge is 2.44. The van der Waals surface area contributed by atoms with E-state index in [4.69, 9.17) is 5.73 Å². The minimum Gasteiger partial charge on any atom is -0.342 e. The van der Waals surface area contributed by atoms with E-state index in [0.29, 0.717) is 13.1 Å². The van der Waals surface area contributed by atoms with Crippen molar-refractivity contribution in [2.24, 2.45) is 11.7 Å². The molecule has 1 saturated heterocycles. The molecule has 0 aromatic carbocycles. The summed E-state index contributed by atoms with van der Waals surface area (Å²) in [5.41, 5.74) is 5.19. The molecule has 0 aromatic heterocycles. The van der Waals surface area contributed by atoms with Crippen molar-refractivity contribution in [2.45, 2.75) is 45.7 Å². The maximum absolute atomic E-state index is 12.4. The molecule has 1 aliphatic rings. The molecule has 1 aliphatic heterocycles. The summed E-state index contributed by atoms with van der Waals surface area (Å²) in [5, 5.41) is 0. The van der Waals surface area contributed by atoms with Crippen LogP contribution >= 0.6 is 0 Å². The minimum absolute atomic E-state index is 0.0292. The van der Waals surface area contributed by atoms with Crippen LogP contribution in [0.5, 0.6) is 0 Å². The van der Waals surface area contributed by atoms with Crippen LogP contribution in [-0.2, 0) is 9.59 Å². The molecular weight excluding hydrogens is 230 g/mol. The molecule has 18 heavy (non-hydrogen) atoms. The molecule has 0 spiro atoms. The summed E-state index contributed by atoms with van der Waals surface area (Å²) in [6.45, 7) is 8.67. The molecule has 0 saturated carbocycles. The number of carbonyl (C=O) groups excluding carboxylic acids is 2. The van der Waals surface area contributed by atoms with Gasteiger partial charge in [-0.1, -0.05) is 20.3 Å². The molecule has 104 valence electrons. The summed E-state index contributed by atoms with van der Waals surface area (Å²) in [4.78, 5) is 27.8. The molecule has 0 radical (unpaired) electrons. The predicted octanol–water partition coefficient (Wildman–Crippen LogP) is 0.439. The van der Waals surface area contributed by atoms with Crippen LogP contribution in [0.15, 0.2) is 0 Å². The fourth-order valence-corrected chi connectivity index (χ4v) is 2.28. The summed E-state index contributed by atoms with van der Waals surface area (Å²) in [7, 11) is 1.76. The maximum Gasteiger partial charge on any atom is 0.247 e. The Morgan fingerprint density at radius 2 is 2.00 bits per heavy atom. The Labute approximate surface area is 109 Å². The number of carbonyl (C=O) groups is 2. The van der Waals surface area contributed by atoms with E-state index in [2.05, 4.69) is 0 Å². The van der Waals surface area contributed by atoms with Crippen molar-refractivity contribution in [1.82, 2.24) is 9.80 Å². The van der Waals surface area contributed by atoms with Crippen molar-refractivity contribution in [3.05, 3.63) is 0 Å². The van der Waals surface area contributed by atoms with E-state index in [1.54, 1.807) is 30.7 Å². The second-order valence-corrected chi connectivity index (χ2v) is 5.69. The number of rotatable bonds is 3. The average Bonchev–Trinajstić information content (AvgIpc) is 2.33. The molecule has 1 rings (SSSR count). The predicted molar refractivity (Wildman–Crippen MR) is 70.9 cm³/mol. The Hall–Kier alpha value is -1.10. The normalized spacial score (nSPS) is 22.9. The smallest absolute Gasteiger partial charge is 0.247 e. The summed E-state index contributed by atoms with van der Waals surface area (Å²) >= 11 is 0. The lowest BCUT2D eigenvalue weighted by atomic mass is 9.93. The summed E-state index contributed by atoms with van der Waals surface area (Å²) in [6, 6.07) is -0.523. The van der Waals surface area contributed by atoms with Crippen LogP contribution in [0.1, 0.15) is 34.1 Å². The maximum atomic E-state index is 12.4. The van der Waals surface area contributed by atoms with Gasteiger partial charge in [-0.2, -0.15) is 0 Å². The molecule has 5 heteroatoms. The summed E-state index contributed by atoms with van der Waals surface area (Å²) < 4.78 is 0. The van der Waals surface area contributed by atoms with Crippen LogP contribution in [0, 0.1) is 5.92 Å². The Morgan fingerprint density at radius 3 is 2.50 bits per heavy atom. The highest BCUT2D eigenvalue weighted by Crippen LogP contribution is 2.23. The standard InChI is InChI=1S/C13H25N3O2/c1-6-9(2)10(14)11(17)16-8-7-15(5)12(18)13(16,3)4/h9-10H,6-8,14H2,1-5H3. The van der Waals surface area contributed by atoms with Gasteiger partial charge >= 0.3 is 0 Å². The van der Waals surface area contributed by atoms with Crippen LogP contribution in [0.25, 0.3) is 0 Å².